The van der Waals surface area contributed by atoms with Gasteiger partial charge in [0.15, 0.2) is 0 Å². The minimum Gasteiger partial charge on any atom is -0.388 e. The van der Waals surface area contributed by atoms with Crippen LogP contribution in [0.5, 0.6) is 0 Å². The average Bonchev–Trinajstić information content (AvgIpc) is 2.30. The highest BCUT2D eigenvalue weighted by Gasteiger charge is 2.63. The molecule has 1 N–H and O–H groups in total. The maximum absolute atomic E-state index is 13.4. The predicted molar refractivity (Wildman–Crippen MR) is 59.6 cm³/mol. The Morgan fingerprint density at radius 2 is 1.70 bits per heavy atom. The number of aliphatic hydroxyl groups excluding tert-OH is 1. The van der Waals surface area contributed by atoms with Gasteiger partial charge in [-0.2, -0.15) is 13.2 Å². The van der Waals surface area contributed by atoms with Crippen LogP contribution in [-0.2, 0) is 0 Å². The van der Waals surface area contributed by atoms with Gasteiger partial charge in [-0.25, -0.2) is 17.6 Å². The van der Waals surface area contributed by atoms with Crippen molar-refractivity contribution in [3.8, 4) is 0 Å². The molecule has 1 aromatic rings. The Labute approximate surface area is 117 Å². The molecule has 1 nitrogen and oxygen atoms in total. The average molecular weight is 369 g/mol. The Bertz CT molecular complexity index is 476. The lowest BCUT2D eigenvalue weighted by Crippen LogP contribution is -2.48. The van der Waals surface area contributed by atoms with Crippen molar-refractivity contribution in [2.45, 2.75) is 30.8 Å². The molecule has 0 fully saturated rings. The molecule has 0 aromatic heterocycles. The molecule has 9 heteroatoms. The standard InChI is InChI=1S/C11H8BrF7O/c12-6-2-1-5(3-7(6)13)8(20)4-10(16,9(14)15)11(17,18)19/h1-3,8-9,20H,4H2. The van der Waals surface area contributed by atoms with Gasteiger partial charge in [-0.05, 0) is 33.6 Å². The van der Waals surface area contributed by atoms with Gasteiger partial charge in [-0.1, -0.05) is 6.07 Å². The fraction of sp³-hybridized carbons (Fsp3) is 0.455. The Morgan fingerprint density at radius 1 is 1.15 bits per heavy atom. The smallest absolute Gasteiger partial charge is 0.388 e. The number of benzene rings is 1. The Hall–Kier alpha value is -0.830. The molecule has 0 aliphatic carbocycles. The fourth-order valence-corrected chi connectivity index (χ4v) is 1.69. The number of aliphatic hydroxyl groups is 1. The third-order valence-corrected chi connectivity index (χ3v) is 3.28. The van der Waals surface area contributed by atoms with E-state index in [4.69, 9.17) is 0 Å². The summed E-state index contributed by atoms with van der Waals surface area (Å²) >= 11 is 2.76. The molecule has 2 atom stereocenters. The van der Waals surface area contributed by atoms with Crippen LogP contribution in [0.2, 0.25) is 0 Å². The zero-order chi connectivity index (χ0) is 15.7. The molecule has 0 spiro atoms. The summed E-state index contributed by atoms with van der Waals surface area (Å²) in [6.07, 6.45) is -14.4. The van der Waals surface area contributed by atoms with E-state index in [2.05, 4.69) is 15.9 Å². The zero-order valence-corrected chi connectivity index (χ0v) is 11.2. The van der Waals surface area contributed by atoms with Crippen molar-refractivity contribution in [2.75, 3.05) is 0 Å². The van der Waals surface area contributed by atoms with Crippen LogP contribution < -0.4 is 0 Å². The molecule has 1 rings (SSSR count). The first-order valence-electron chi connectivity index (χ1n) is 5.16. The van der Waals surface area contributed by atoms with Crippen LogP contribution in [0.15, 0.2) is 22.7 Å². The van der Waals surface area contributed by atoms with Crippen molar-refractivity contribution in [3.63, 3.8) is 0 Å². The molecular weight excluding hydrogens is 361 g/mol. The van der Waals surface area contributed by atoms with Crippen molar-refractivity contribution in [2.24, 2.45) is 0 Å². The molecule has 0 aliphatic heterocycles. The van der Waals surface area contributed by atoms with Crippen LogP contribution in [0.1, 0.15) is 18.1 Å². The summed E-state index contributed by atoms with van der Waals surface area (Å²) in [5.41, 5.74) is -5.30. The number of hydrogen-bond donors (Lipinski definition) is 1. The summed E-state index contributed by atoms with van der Waals surface area (Å²) in [7, 11) is 0. The third-order valence-electron chi connectivity index (χ3n) is 2.64. The molecule has 0 bridgehead atoms. The normalized spacial score (nSPS) is 17.1. The minimum atomic E-state index is -5.85. The molecule has 0 saturated carbocycles. The third kappa shape index (κ3) is 3.43. The van der Waals surface area contributed by atoms with Gasteiger partial charge in [-0.15, -0.1) is 0 Å². The number of rotatable bonds is 4. The van der Waals surface area contributed by atoms with Gasteiger partial charge in [0.1, 0.15) is 5.82 Å². The number of hydrogen-bond acceptors (Lipinski definition) is 1. The van der Waals surface area contributed by atoms with Gasteiger partial charge in [0, 0.05) is 6.42 Å². The molecule has 0 radical (unpaired) electrons. The quantitative estimate of drug-likeness (QED) is 0.773. The van der Waals surface area contributed by atoms with Gasteiger partial charge in [0.2, 0.25) is 0 Å². The molecule has 20 heavy (non-hydrogen) atoms. The SMILES string of the molecule is OC(CC(F)(C(F)F)C(F)(F)F)c1ccc(Br)c(F)c1. The highest BCUT2D eigenvalue weighted by atomic mass is 79.9. The first kappa shape index (κ1) is 17.2. The molecule has 1 aromatic carbocycles. The van der Waals surface area contributed by atoms with Gasteiger partial charge >= 0.3 is 6.18 Å². The first-order valence-corrected chi connectivity index (χ1v) is 5.95. The highest BCUT2D eigenvalue weighted by molar-refractivity contribution is 9.10. The number of alkyl halides is 6. The van der Waals surface area contributed by atoms with Crippen molar-refractivity contribution in [3.05, 3.63) is 34.1 Å². The summed E-state index contributed by atoms with van der Waals surface area (Å²) in [4.78, 5) is 0. The minimum absolute atomic E-state index is 0.0374. The van der Waals surface area contributed by atoms with E-state index in [1.165, 1.54) is 0 Å². The van der Waals surface area contributed by atoms with Crippen molar-refractivity contribution in [1.82, 2.24) is 0 Å². The maximum Gasteiger partial charge on any atom is 0.428 e. The lowest BCUT2D eigenvalue weighted by molar-refractivity contribution is -0.276. The van der Waals surface area contributed by atoms with Crippen molar-refractivity contribution in [1.29, 1.82) is 0 Å². The maximum atomic E-state index is 13.4. The monoisotopic (exact) mass is 368 g/mol. The van der Waals surface area contributed by atoms with Crippen molar-refractivity contribution >= 4 is 15.9 Å². The molecular formula is C11H8BrF7O. The zero-order valence-electron chi connectivity index (χ0n) is 9.56. The van der Waals surface area contributed by atoms with Gasteiger partial charge < -0.3 is 5.11 Å². The summed E-state index contributed by atoms with van der Waals surface area (Å²) in [6, 6.07) is 2.70. The molecule has 0 saturated heterocycles. The topological polar surface area (TPSA) is 20.2 Å². The van der Waals surface area contributed by atoms with Crippen LogP contribution in [0, 0.1) is 5.82 Å². The van der Waals surface area contributed by atoms with E-state index in [0.29, 0.717) is 6.07 Å². The van der Waals surface area contributed by atoms with E-state index in [-0.39, 0.29) is 4.47 Å². The molecule has 0 amide bonds. The Morgan fingerprint density at radius 3 is 2.10 bits per heavy atom. The van der Waals surface area contributed by atoms with E-state index in [1.54, 1.807) is 0 Å². The molecule has 0 aliphatic rings. The van der Waals surface area contributed by atoms with Gasteiger partial charge in [0.05, 0.1) is 10.6 Å². The first-order chi connectivity index (χ1) is 8.99. The van der Waals surface area contributed by atoms with E-state index in [0.717, 1.165) is 12.1 Å². The largest absolute Gasteiger partial charge is 0.428 e. The second-order valence-corrected chi connectivity index (χ2v) is 4.91. The van der Waals surface area contributed by atoms with Gasteiger partial charge in [0.25, 0.3) is 12.1 Å². The van der Waals surface area contributed by atoms with E-state index < -0.39 is 42.2 Å². The highest BCUT2D eigenvalue weighted by Crippen LogP contribution is 2.44. The lowest BCUT2D eigenvalue weighted by Gasteiger charge is -2.29. The summed E-state index contributed by atoms with van der Waals surface area (Å²) in [6.45, 7) is 0. The summed E-state index contributed by atoms with van der Waals surface area (Å²) < 4.78 is 88.1. The molecule has 2 unspecified atom stereocenters. The molecule has 0 heterocycles. The Balaban J connectivity index is 3.03. The van der Waals surface area contributed by atoms with Crippen LogP contribution in [0.25, 0.3) is 0 Å². The second-order valence-electron chi connectivity index (χ2n) is 4.05. The summed E-state index contributed by atoms with van der Waals surface area (Å²) in [5.74, 6) is -0.921. The van der Waals surface area contributed by atoms with E-state index in [1.807, 2.05) is 0 Å². The van der Waals surface area contributed by atoms with E-state index >= 15 is 0 Å². The van der Waals surface area contributed by atoms with Crippen LogP contribution in [-0.4, -0.2) is 23.4 Å². The fourth-order valence-electron chi connectivity index (χ4n) is 1.45. The van der Waals surface area contributed by atoms with Crippen LogP contribution in [0.4, 0.5) is 30.7 Å². The second kappa shape index (κ2) is 5.88. The predicted octanol–water partition coefficient (Wildman–Crippen LogP) is 4.55. The van der Waals surface area contributed by atoms with Gasteiger partial charge in [-0.3, -0.25) is 0 Å². The van der Waals surface area contributed by atoms with E-state index in [9.17, 15) is 35.8 Å². The van der Waals surface area contributed by atoms with Crippen molar-refractivity contribution < 1.29 is 35.8 Å². The lowest BCUT2D eigenvalue weighted by atomic mass is 9.94. The molecule has 114 valence electrons. The van der Waals surface area contributed by atoms with Crippen LogP contribution in [0.3, 0.4) is 0 Å². The summed E-state index contributed by atoms with van der Waals surface area (Å²) in [5, 5.41) is 9.43. The van der Waals surface area contributed by atoms with Crippen LogP contribution >= 0.6 is 15.9 Å². The Kier molecular flexibility index (Phi) is 5.07. The number of halogens is 8.